The summed E-state index contributed by atoms with van der Waals surface area (Å²) in [4.78, 5) is 2.39. The molecule has 1 atom stereocenters. The predicted molar refractivity (Wildman–Crippen MR) is 114 cm³/mol. The molecule has 1 aliphatic rings. The van der Waals surface area contributed by atoms with Gasteiger partial charge < -0.3 is 9.47 Å². The van der Waals surface area contributed by atoms with Gasteiger partial charge in [0.25, 0.3) is 0 Å². The lowest BCUT2D eigenvalue weighted by Gasteiger charge is -2.32. The monoisotopic (exact) mass is 427 g/mol. The molecular weight excluding hydrogens is 400 g/mol. The van der Waals surface area contributed by atoms with Crippen molar-refractivity contribution in [1.29, 1.82) is 0 Å². The maximum absolute atomic E-state index is 13.3. The van der Waals surface area contributed by atoms with Crippen molar-refractivity contribution in [2.45, 2.75) is 26.0 Å². The zero-order valence-corrected chi connectivity index (χ0v) is 17.9. The number of halogens is 2. The zero-order chi connectivity index (χ0) is 21.8. The Bertz CT molecular complexity index is 1040. The van der Waals surface area contributed by atoms with E-state index in [2.05, 4.69) is 41.2 Å². The fraction of sp³-hybridized carbons (Fsp3) is 0.375. The highest BCUT2D eigenvalue weighted by Gasteiger charge is 2.25. The molecule has 3 aromatic rings. The fourth-order valence-corrected chi connectivity index (χ4v) is 3.86. The standard InChI is InChI=1S/C24H27F2N3O2/c1-17-4-3-5-18(12-17)15-29-9-11-31-24(16-29)23-13-19(28(2)27-23)8-10-30-20-6-7-21(25)22(26)14-20/h3-7,12-14,24H,8-11,15-16H2,1-2H3/t24-/m0/s1. The second-order valence-corrected chi connectivity index (χ2v) is 7.94. The number of benzene rings is 2. The summed E-state index contributed by atoms with van der Waals surface area (Å²) in [5.74, 6) is -1.48. The van der Waals surface area contributed by atoms with Crippen LogP contribution < -0.4 is 4.74 Å². The molecule has 31 heavy (non-hydrogen) atoms. The Morgan fingerprint density at radius 3 is 2.81 bits per heavy atom. The number of hydrogen-bond donors (Lipinski definition) is 0. The van der Waals surface area contributed by atoms with Crippen LogP contribution in [0, 0.1) is 18.6 Å². The number of aryl methyl sites for hydroxylation is 2. The van der Waals surface area contributed by atoms with Gasteiger partial charge in [0.05, 0.1) is 18.9 Å². The SMILES string of the molecule is Cc1cccc(CN2CCO[C@H](c3cc(CCOc4ccc(F)c(F)c4)n(C)n3)C2)c1. The molecule has 2 aromatic carbocycles. The molecule has 7 heteroatoms. The van der Waals surface area contributed by atoms with E-state index in [4.69, 9.17) is 9.47 Å². The van der Waals surface area contributed by atoms with E-state index < -0.39 is 11.6 Å². The van der Waals surface area contributed by atoms with Crippen LogP contribution in [-0.2, 0) is 24.8 Å². The summed E-state index contributed by atoms with van der Waals surface area (Å²) in [6.45, 7) is 5.69. The topological polar surface area (TPSA) is 39.5 Å². The van der Waals surface area contributed by atoms with Crippen molar-refractivity contribution in [3.8, 4) is 5.75 Å². The lowest BCUT2D eigenvalue weighted by Crippen LogP contribution is -2.38. The van der Waals surface area contributed by atoms with Gasteiger partial charge in [-0.25, -0.2) is 8.78 Å². The van der Waals surface area contributed by atoms with Crippen molar-refractivity contribution < 1.29 is 18.3 Å². The number of ether oxygens (including phenoxy) is 2. The molecule has 1 fully saturated rings. The molecule has 164 valence electrons. The Morgan fingerprint density at radius 1 is 1.13 bits per heavy atom. The molecular formula is C24H27F2N3O2. The first-order chi connectivity index (χ1) is 15.0. The van der Waals surface area contributed by atoms with Crippen LogP contribution in [0.1, 0.15) is 28.6 Å². The Morgan fingerprint density at radius 2 is 2.00 bits per heavy atom. The van der Waals surface area contributed by atoms with Crippen LogP contribution in [0.3, 0.4) is 0 Å². The van der Waals surface area contributed by atoms with E-state index in [1.165, 1.54) is 17.2 Å². The summed E-state index contributed by atoms with van der Waals surface area (Å²) in [5, 5.41) is 4.64. The highest BCUT2D eigenvalue weighted by atomic mass is 19.2. The Hall–Kier alpha value is -2.77. The van der Waals surface area contributed by atoms with Crippen molar-refractivity contribution in [3.63, 3.8) is 0 Å². The maximum atomic E-state index is 13.3. The van der Waals surface area contributed by atoms with Crippen molar-refractivity contribution in [1.82, 2.24) is 14.7 Å². The first kappa shape index (κ1) is 21.5. The van der Waals surface area contributed by atoms with Crippen LogP contribution in [0.5, 0.6) is 5.75 Å². The highest BCUT2D eigenvalue weighted by Crippen LogP contribution is 2.24. The molecule has 0 N–H and O–H groups in total. The van der Waals surface area contributed by atoms with Crippen LogP contribution >= 0.6 is 0 Å². The highest BCUT2D eigenvalue weighted by molar-refractivity contribution is 5.24. The lowest BCUT2D eigenvalue weighted by atomic mass is 10.1. The van der Waals surface area contributed by atoms with E-state index in [-0.39, 0.29) is 6.10 Å². The third-order valence-corrected chi connectivity index (χ3v) is 5.48. The Labute approximate surface area is 181 Å². The van der Waals surface area contributed by atoms with Gasteiger partial charge in [-0.05, 0) is 30.7 Å². The summed E-state index contributed by atoms with van der Waals surface area (Å²) < 4.78 is 39.7. The van der Waals surface area contributed by atoms with Crippen LogP contribution in [0.15, 0.2) is 48.5 Å². The largest absolute Gasteiger partial charge is 0.493 e. The average Bonchev–Trinajstić information content (AvgIpc) is 3.12. The minimum absolute atomic E-state index is 0.0781. The molecule has 0 radical (unpaired) electrons. The van der Waals surface area contributed by atoms with Crippen LogP contribution in [0.2, 0.25) is 0 Å². The number of hydrogen-bond acceptors (Lipinski definition) is 4. The van der Waals surface area contributed by atoms with Gasteiger partial charge in [-0.3, -0.25) is 9.58 Å². The van der Waals surface area contributed by atoms with Crippen molar-refractivity contribution in [3.05, 3.63) is 82.7 Å². The van der Waals surface area contributed by atoms with E-state index in [0.717, 1.165) is 43.2 Å². The van der Waals surface area contributed by atoms with Crippen molar-refractivity contribution in [2.24, 2.45) is 7.05 Å². The van der Waals surface area contributed by atoms with E-state index in [0.29, 0.717) is 25.4 Å². The molecule has 0 amide bonds. The summed E-state index contributed by atoms with van der Waals surface area (Å²) in [5.41, 5.74) is 4.47. The first-order valence-corrected chi connectivity index (χ1v) is 10.5. The van der Waals surface area contributed by atoms with Gasteiger partial charge in [0.2, 0.25) is 0 Å². The normalized spacial score (nSPS) is 17.1. The molecule has 0 aliphatic carbocycles. The van der Waals surface area contributed by atoms with Crippen molar-refractivity contribution in [2.75, 3.05) is 26.3 Å². The molecule has 0 unspecified atom stereocenters. The fourth-order valence-electron chi connectivity index (χ4n) is 3.86. The predicted octanol–water partition coefficient (Wildman–Crippen LogP) is 4.20. The van der Waals surface area contributed by atoms with E-state index in [1.807, 2.05) is 17.8 Å². The maximum Gasteiger partial charge on any atom is 0.162 e. The van der Waals surface area contributed by atoms with Crippen LogP contribution in [0.25, 0.3) is 0 Å². The second kappa shape index (κ2) is 9.58. The third kappa shape index (κ3) is 5.48. The second-order valence-electron chi connectivity index (χ2n) is 7.94. The first-order valence-electron chi connectivity index (χ1n) is 10.5. The van der Waals surface area contributed by atoms with Gasteiger partial charge in [-0.2, -0.15) is 5.10 Å². The molecule has 1 aliphatic heterocycles. The van der Waals surface area contributed by atoms with Gasteiger partial charge >= 0.3 is 0 Å². The molecule has 0 bridgehead atoms. The zero-order valence-electron chi connectivity index (χ0n) is 17.9. The number of nitrogens with zero attached hydrogens (tertiary/aromatic N) is 3. The van der Waals surface area contributed by atoms with Gasteiger partial charge in [-0.1, -0.05) is 29.8 Å². The van der Waals surface area contributed by atoms with Gasteiger partial charge in [-0.15, -0.1) is 0 Å². The van der Waals surface area contributed by atoms with Gasteiger partial charge in [0, 0.05) is 44.9 Å². The molecule has 4 rings (SSSR count). The van der Waals surface area contributed by atoms with Gasteiger partial charge in [0.1, 0.15) is 11.9 Å². The Balaban J connectivity index is 1.34. The molecule has 0 saturated carbocycles. The lowest BCUT2D eigenvalue weighted by molar-refractivity contribution is -0.0352. The minimum Gasteiger partial charge on any atom is -0.493 e. The number of aromatic nitrogens is 2. The van der Waals surface area contributed by atoms with E-state index >= 15 is 0 Å². The van der Waals surface area contributed by atoms with Gasteiger partial charge in [0.15, 0.2) is 11.6 Å². The smallest absolute Gasteiger partial charge is 0.162 e. The molecule has 1 saturated heterocycles. The number of rotatable bonds is 7. The minimum atomic E-state index is -0.912. The molecule has 1 aromatic heterocycles. The van der Waals surface area contributed by atoms with E-state index in [1.54, 1.807) is 0 Å². The van der Waals surface area contributed by atoms with Crippen LogP contribution in [-0.4, -0.2) is 41.0 Å². The van der Waals surface area contributed by atoms with E-state index in [9.17, 15) is 8.78 Å². The molecule has 2 heterocycles. The quantitative estimate of drug-likeness (QED) is 0.567. The summed E-state index contributed by atoms with van der Waals surface area (Å²) >= 11 is 0. The Kier molecular flexibility index (Phi) is 6.63. The summed E-state index contributed by atoms with van der Waals surface area (Å²) in [7, 11) is 1.89. The molecule has 5 nitrogen and oxygen atoms in total. The van der Waals surface area contributed by atoms with Crippen molar-refractivity contribution >= 4 is 0 Å². The summed E-state index contributed by atoms with van der Waals surface area (Å²) in [6, 6.07) is 14.2. The third-order valence-electron chi connectivity index (χ3n) is 5.48. The summed E-state index contributed by atoms with van der Waals surface area (Å²) in [6.07, 6.45) is 0.521. The average molecular weight is 427 g/mol. The number of morpholine rings is 1. The molecule has 0 spiro atoms. The van der Waals surface area contributed by atoms with Crippen LogP contribution in [0.4, 0.5) is 8.78 Å².